The molecule has 1 aromatic heterocycles. The van der Waals surface area contributed by atoms with Gasteiger partial charge in [0.1, 0.15) is 5.69 Å². The molecule has 2 N–H and O–H groups in total. The van der Waals surface area contributed by atoms with Gasteiger partial charge in [-0.25, -0.2) is 0 Å². The Morgan fingerprint density at radius 2 is 2.00 bits per heavy atom. The summed E-state index contributed by atoms with van der Waals surface area (Å²) in [5.74, 6) is 0. The number of rotatable bonds is 3. The van der Waals surface area contributed by atoms with Crippen LogP contribution < -0.4 is 11.3 Å². The summed E-state index contributed by atoms with van der Waals surface area (Å²) in [7, 11) is 2.14. The molecule has 6 heteroatoms. The van der Waals surface area contributed by atoms with E-state index in [0.29, 0.717) is 0 Å². The van der Waals surface area contributed by atoms with E-state index in [-0.39, 0.29) is 11.2 Å². The van der Waals surface area contributed by atoms with Crippen LogP contribution in [0, 0.1) is 0 Å². The molecule has 0 atom stereocenters. The van der Waals surface area contributed by atoms with Gasteiger partial charge in [-0.2, -0.15) is 4.98 Å². The SMILES string of the molecule is CN1CCN(CCn2cnc(=O)c(N)c2)CC1. The summed E-state index contributed by atoms with van der Waals surface area (Å²) in [6.45, 7) is 6.22. The van der Waals surface area contributed by atoms with Crippen molar-refractivity contribution in [1.29, 1.82) is 0 Å². The molecular weight excluding hydrogens is 218 g/mol. The molecule has 94 valence electrons. The first-order valence-electron chi connectivity index (χ1n) is 5.87. The Hall–Kier alpha value is -1.40. The number of nitrogens with zero attached hydrogens (tertiary/aromatic N) is 4. The van der Waals surface area contributed by atoms with Gasteiger partial charge in [-0.1, -0.05) is 0 Å². The first kappa shape index (κ1) is 12.1. The fraction of sp³-hybridized carbons (Fsp3) is 0.636. The maximum Gasteiger partial charge on any atom is 0.295 e. The third kappa shape index (κ3) is 3.28. The normalized spacial score (nSPS) is 18.4. The van der Waals surface area contributed by atoms with Crippen LogP contribution in [0.2, 0.25) is 0 Å². The van der Waals surface area contributed by atoms with Crippen LogP contribution in [0.4, 0.5) is 5.69 Å². The number of anilines is 1. The quantitative estimate of drug-likeness (QED) is 0.736. The zero-order valence-electron chi connectivity index (χ0n) is 10.2. The highest BCUT2D eigenvalue weighted by molar-refractivity contribution is 5.30. The topological polar surface area (TPSA) is 67.4 Å². The van der Waals surface area contributed by atoms with Gasteiger partial charge in [0, 0.05) is 45.5 Å². The molecule has 0 amide bonds. The van der Waals surface area contributed by atoms with Crippen LogP contribution in [0.25, 0.3) is 0 Å². The molecule has 1 aliphatic heterocycles. The van der Waals surface area contributed by atoms with Crippen LogP contribution in [-0.2, 0) is 6.54 Å². The van der Waals surface area contributed by atoms with E-state index in [9.17, 15) is 4.79 Å². The van der Waals surface area contributed by atoms with Gasteiger partial charge in [-0.15, -0.1) is 0 Å². The van der Waals surface area contributed by atoms with Crippen LogP contribution in [0.5, 0.6) is 0 Å². The van der Waals surface area contributed by atoms with Gasteiger partial charge >= 0.3 is 0 Å². The summed E-state index contributed by atoms with van der Waals surface area (Å²) in [4.78, 5) is 19.5. The van der Waals surface area contributed by atoms with Gasteiger partial charge in [0.25, 0.3) is 5.56 Å². The molecule has 0 radical (unpaired) electrons. The van der Waals surface area contributed by atoms with Crippen molar-refractivity contribution in [2.75, 3.05) is 45.5 Å². The standard InChI is InChI=1S/C11H19N5O/c1-14-2-4-15(5-3-14)6-7-16-8-10(12)11(17)13-9-16/h8-9H,2-7,12H2,1H3. The Kier molecular flexibility index (Phi) is 3.75. The van der Waals surface area contributed by atoms with Crippen molar-refractivity contribution < 1.29 is 0 Å². The number of hydrogen-bond acceptors (Lipinski definition) is 5. The third-order valence-corrected chi connectivity index (χ3v) is 3.15. The van der Waals surface area contributed by atoms with Gasteiger partial charge in [0.05, 0.1) is 6.33 Å². The average Bonchev–Trinajstić information content (AvgIpc) is 2.33. The Balaban J connectivity index is 1.85. The Morgan fingerprint density at radius 1 is 1.29 bits per heavy atom. The number of likely N-dealkylation sites (N-methyl/N-ethyl adjacent to an activating group) is 1. The molecule has 0 saturated carbocycles. The van der Waals surface area contributed by atoms with E-state index in [1.54, 1.807) is 12.5 Å². The number of piperazine rings is 1. The van der Waals surface area contributed by atoms with Gasteiger partial charge < -0.3 is 15.2 Å². The van der Waals surface area contributed by atoms with Crippen molar-refractivity contribution in [2.24, 2.45) is 0 Å². The minimum Gasteiger partial charge on any atom is -0.393 e. The van der Waals surface area contributed by atoms with E-state index in [2.05, 4.69) is 21.8 Å². The molecule has 0 unspecified atom stereocenters. The highest BCUT2D eigenvalue weighted by Crippen LogP contribution is 2.00. The number of nitrogens with two attached hydrogens (primary N) is 1. The van der Waals surface area contributed by atoms with E-state index in [1.165, 1.54) is 0 Å². The van der Waals surface area contributed by atoms with E-state index >= 15 is 0 Å². The fourth-order valence-corrected chi connectivity index (χ4v) is 1.92. The molecular formula is C11H19N5O. The molecule has 0 aliphatic carbocycles. The van der Waals surface area contributed by atoms with Crippen molar-refractivity contribution in [3.63, 3.8) is 0 Å². The number of nitrogen functional groups attached to an aromatic ring is 1. The van der Waals surface area contributed by atoms with Gasteiger partial charge in [-0.3, -0.25) is 9.69 Å². The van der Waals surface area contributed by atoms with Crippen molar-refractivity contribution in [3.8, 4) is 0 Å². The first-order valence-corrected chi connectivity index (χ1v) is 5.87. The molecule has 0 spiro atoms. The monoisotopic (exact) mass is 237 g/mol. The molecule has 6 nitrogen and oxygen atoms in total. The second kappa shape index (κ2) is 5.29. The Bertz CT molecular complexity index is 422. The summed E-state index contributed by atoms with van der Waals surface area (Å²) >= 11 is 0. The summed E-state index contributed by atoms with van der Waals surface area (Å²) in [5.41, 5.74) is 5.40. The Labute approximate surface area is 101 Å². The first-order chi connectivity index (χ1) is 8.15. The van der Waals surface area contributed by atoms with Crippen molar-refractivity contribution in [3.05, 3.63) is 22.9 Å². The van der Waals surface area contributed by atoms with Crippen molar-refractivity contribution in [1.82, 2.24) is 19.4 Å². The lowest BCUT2D eigenvalue weighted by atomic mass is 10.3. The van der Waals surface area contributed by atoms with Gasteiger partial charge in [0.15, 0.2) is 0 Å². The number of hydrogen-bond donors (Lipinski definition) is 1. The van der Waals surface area contributed by atoms with E-state index in [4.69, 9.17) is 5.73 Å². The maximum absolute atomic E-state index is 11.0. The van der Waals surface area contributed by atoms with Crippen molar-refractivity contribution in [2.45, 2.75) is 6.54 Å². The van der Waals surface area contributed by atoms with Gasteiger partial charge in [-0.05, 0) is 7.05 Å². The molecule has 0 aromatic carbocycles. The molecule has 2 rings (SSSR count). The summed E-state index contributed by atoms with van der Waals surface area (Å²) in [6.07, 6.45) is 3.21. The summed E-state index contributed by atoms with van der Waals surface area (Å²) in [5, 5.41) is 0. The smallest absolute Gasteiger partial charge is 0.295 e. The zero-order valence-corrected chi connectivity index (χ0v) is 10.2. The lowest BCUT2D eigenvalue weighted by Crippen LogP contribution is -2.45. The minimum absolute atomic E-state index is 0.214. The highest BCUT2D eigenvalue weighted by atomic mass is 16.1. The lowest BCUT2D eigenvalue weighted by molar-refractivity contribution is 0.150. The molecule has 1 fully saturated rings. The number of aromatic nitrogens is 2. The summed E-state index contributed by atoms with van der Waals surface area (Å²) in [6, 6.07) is 0. The lowest BCUT2D eigenvalue weighted by Gasteiger charge is -2.32. The predicted molar refractivity (Wildman–Crippen MR) is 66.8 cm³/mol. The van der Waals surface area contributed by atoms with Crippen LogP contribution >= 0.6 is 0 Å². The Morgan fingerprint density at radius 3 is 2.65 bits per heavy atom. The molecule has 2 heterocycles. The molecule has 17 heavy (non-hydrogen) atoms. The van der Waals surface area contributed by atoms with E-state index < -0.39 is 0 Å². The van der Waals surface area contributed by atoms with Crippen molar-refractivity contribution >= 4 is 5.69 Å². The molecule has 1 aliphatic rings. The van der Waals surface area contributed by atoms with E-state index in [0.717, 1.165) is 39.3 Å². The molecule has 0 bridgehead atoms. The van der Waals surface area contributed by atoms with E-state index in [1.807, 2.05) is 4.57 Å². The summed E-state index contributed by atoms with van der Waals surface area (Å²) < 4.78 is 1.87. The maximum atomic E-state index is 11.0. The average molecular weight is 237 g/mol. The fourth-order valence-electron chi connectivity index (χ4n) is 1.92. The zero-order chi connectivity index (χ0) is 12.3. The highest BCUT2D eigenvalue weighted by Gasteiger charge is 2.12. The van der Waals surface area contributed by atoms with Crippen LogP contribution in [0.15, 0.2) is 17.3 Å². The van der Waals surface area contributed by atoms with Crippen LogP contribution in [-0.4, -0.2) is 59.1 Å². The second-order valence-corrected chi connectivity index (χ2v) is 4.52. The molecule has 1 aromatic rings. The van der Waals surface area contributed by atoms with Crippen LogP contribution in [0.1, 0.15) is 0 Å². The predicted octanol–water partition coefficient (Wildman–Crippen LogP) is -0.927. The van der Waals surface area contributed by atoms with Gasteiger partial charge in [0.2, 0.25) is 0 Å². The van der Waals surface area contributed by atoms with Crippen LogP contribution in [0.3, 0.4) is 0 Å². The largest absolute Gasteiger partial charge is 0.393 e. The minimum atomic E-state index is -0.346. The second-order valence-electron chi connectivity index (χ2n) is 4.52. The molecule has 1 saturated heterocycles. The third-order valence-electron chi connectivity index (χ3n) is 3.15.